The van der Waals surface area contributed by atoms with Crippen molar-refractivity contribution in [3.63, 3.8) is 0 Å². The normalized spacial score (nSPS) is 15.1. The van der Waals surface area contributed by atoms with Gasteiger partial charge in [0.1, 0.15) is 10.7 Å². The summed E-state index contributed by atoms with van der Waals surface area (Å²) in [6.45, 7) is 1.65. The maximum Gasteiger partial charge on any atom is 0.143 e. The van der Waals surface area contributed by atoms with Crippen LogP contribution in [-0.2, 0) is 11.3 Å². The van der Waals surface area contributed by atoms with E-state index in [1.54, 1.807) is 7.11 Å². The second-order valence-corrected chi connectivity index (χ2v) is 4.82. The predicted octanol–water partition coefficient (Wildman–Crippen LogP) is 1.22. The van der Waals surface area contributed by atoms with E-state index in [1.807, 2.05) is 4.68 Å². The molecule has 17 heavy (non-hydrogen) atoms. The molecule has 2 N–H and O–H groups in total. The Bertz CT molecular complexity index is 400. The number of methoxy groups -OCH3 is 1. The molecular weight excluding hydrogens is 236 g/mol. The fourth-order valence-corrected chi connectivity index (χ4v) is 2.08. The van der Waals surface area contributed by atoms with Gasteiger partial charge in [0.25, 0.3) is 0 Å². The summed E-state index contributed by atoms with van der Waals surface area (Å²) >= 11 is 5.01. The van der Waals surface area contributed by atoms with Crippen LogP contribution in [0.25, 0.3) is 0 Å². The zero-order valence-corrected chi connectivity index (χ0v) is 10.9. The fourth-order valence-electron chi connectivity index (χ4n) is 1.93. The first kappa shape index (κ1) is 12.4. The molecule has 0 radical (unpaired) electrons. The van der Waals surface area contributed by atoms with Gasteiger partial charge in [-0.3, -0.25) is 0 Å². The average molecular weight is 254 g/mol. The fraction of sp³-hybridized carbons (Fsp3) is 0.727. The summed E-state index contributed by atoms with van der Waals surface area (Å²) in [7, 11) is 1.72. The summed E-state index contributed by atoms with van der Waals surface area (Å²) in [6.07, 6.45) is 4.46. The summed E-state index contributed by atoms with van der Waals surface area (Å²) < 4.78 is 6.99. The zero-order chi connectivity index (χ0) is 12.3. The molecule has 94 valence electrons. The molecule has 0 spiro atoms. The zero-order valence-electron chi connectivity index (χ0n) is 10.1. The molecule has 1 aromatic rings. The van der Waals surface area contributed by atoms with E-state index in [-0.39, 0.29) is 0 Å². The largest absolute Gasteiger partial charge is 0.388 e. The van der Waals surface area contributed by atoms with E-state index in [1.165, 1.54) is 12.8 Å². The summed E-state index contributed by atoms with van der Waals surface area (Å²) in [4.78, 5) is 0.357. The van der Waals surface area contributed by atoms with E-state index in [2.05, 4.69) is 10.3 Å². The summed E-state index contributed by atoms with van der Waals surface area (Å²) in [5, 5.41) is 8.25. The van der Waals surface area contributed by atoms with Crippen molar-refractivity contribution in [3.8, 4) is 0 Å². The SMILES string of the molecule is COCCCCn1nnc(C(N)=S)c1C1CC1. The van der Waals surface area contributed by atoms with Gasteiger partial charge >= 0.3 is 0 Å². The topological polar surface area (TPSA) is 66.0 Å². The van der Waals surface area contributed by atoms with Gasteiger partial charge in [-0.2, -0.15) is 0 Å². The second-order valence-electron chi connectivity index (χ2n) is 4.38. The van der Waals surface area contributed by atoms with Gasteiger partial charge in [-0.15, -0.1) is 5.10 Å². The van der Waals surface area contributed by atoms with Gasteiger partial charge in [0.05, 0.1) is 5.69 Å². The molecule has 2 rings (SSSR count). The van der Waals surface area contributed by atoms with Crippen LogP contribution in [0.5, 0.6) is 0 Å². The highest BCUT2D eigenvalue weighted by Crippen LogP contribution is 2.41. The first-order valence-corrected chi connectivity index (χ1v) is 6.37. The smallest absolute Gasteiger partial charge is 0.143 e. The maximum atomic E-state index is 5.67. The molecule has 5 nitrogen and oxygen atoms in total. The van der Waals surface area contributed by atoms with Crippen molar-refractivity contribution in [2.75, 3.05) is 13.7 Å². The van der Waals surface area contributed by atoms with Crippen molar-refractivity contribution in [2.24, 2.45) is 5.73 Å². The van der Waals surface area contributed by atoms with Gasteiger partial charge in [-0.1, -0.05) is 17.4 Å². The molecule has 0 unspecified atom stereocenters. The lowest BCUT2D eigenvalue weighted by molar-refractivity contribution is 0.190. The van der Waals surface area contributed by atoms with Crippen LogP contribution in [-0.4, -0.2) is 33.7 Å². The first-order chi connectivity index (χ1) is 8.24. The van der Waals surface area contributed by atoms with E-state index < -0.39 is 0 Å². The van der Waals surface area contributed by atoms with E-state index in [9.17, 15) is 0 Å². The monoisotopic (exact) mass is 254 g/mol. The summed E-state index contributed by atoms with van der Waals surface area (Å²) in [5.41, 5.74) is 7.52. The van der Waals surface area contributed by atoms with Crippen LogP contribution in [0.1, 0.15) is 43.0 Å². The Balaban J connectivity index is 2.03. The second kappa shape index (κ2) is 5.55. The Morgan fingerprint density at radius 3 is 2.88 bits per heavy atom. The van der Waals surface area contributed by atoms with Crippen molar-refractivity contribution >= 4 is 17.2 Å². The Kier molecular flexibility index (Phi) is 4.06. The molecular formula is C11H18N4OS. The third-order valence-electron chi connectivity index (χ3n) is 2.94. The van der Waals surface area contributed by atoms with Crippen LogP contribution in [0.2, 0.25) is 0 Å². The third-order valence-corrected chi connectivity index (χ3v) is 3.13. The summed E-state index contributed by atoms with van der Waals surface area (Å²) in [5.74, 6) is 0.559. The van der Waals surface area contributed by atoms with Gasteiger partial charge in [0.15, 0.2) is 0 Å². The third kappa shape index (κ3) is 3.01. The van der Waals surface area contributed by atoms with Gasteiger partial charge in [0, 0.05) is 26.2 Å². The standard InChI is InChI=1S/C11H18N4OS/c1-16-7-3-2-6-15-10(8-4-5-8)9(11(12)17)13-14-15/h8H,2-7H2,1H3,(H2,12,17). The van der Waals surface area contributed by atoms with Crippen LogP contribution >= 0.6 is 12.2 Å². The molecule has 1 aliphatic rings. The van der Waals surface area contributed by atoms with E-state index in [0.717, 1.165) is 31.7 Å². The van der Waals surface area contributed by atoms with Crippen molar-refractivity contribution in [2.45, 2.75) is 38.1 Å². The number of nitrogens with zero attached hydrogens (tertiary/aromatic N) is 3. The highest BCUT2D eigenvalue weighted by molar-refractivity contribution is 7.80. The van der Waals surface area contributed by atoms with Gasteiger partial charge in [0.2, 0.25) is 0 Å². The number of nitrogens with two attached hydrogens (primary N) is 1. The van der Waals surface area contributed by atoms with Gasteiger partial charge in [-0.25, -0.2) is 4.68 Å². The van der Waals surface area contributed by atoms with Crippen LogP contribution < -0.4 is 5.73 Å². The Morgan fingerprint density at radius 1 is 1.53 bits per heavy atom. The molecule has 0 bridgehead atoms. The van der Waals surface area contributed by atoms with E-state index in [0.29, 0.717) is 16.6 Å². The van der Waals surface area contributed by atoms with Crippen molar-refractivity contribution in [1.82, 2.24) is 15.0 Å². The quantitative estimate of drug-likeness (QED) is 0.585. The Hall–Kier alpha value is -1.01. The lowest BCUT2D eigenvalue weighted by Crippen LogP contribution is -2.14. The molecule has 1 heterocycles. The minimum absolute atomic E-state index is 0.357. The molecule has 1 saturated carbocycles. The molecule has 0 atom stereocenters. The maximum absolute atomic E-state index is 5.67. The van der Waals surface area contributed by atoms with Crippen LogP contribution in [0, 0.1) is 0 Å². The molecule has 1 aliphatic carbocycles. The van der Waals surface area contributed by atoms with Gasteiger partial charge < -0.3 is 10.5 Å². The lowest BCUT2D eigenvalue weighted by Gasteiger charge is -2.06. The number of aromatic nitrogens is 3. The number of aryl methyl sites for hydroxylation is 1. The van der Waals surface area contributed by atoms with Crippen LogP contribution in [0.4, 0.5) is 0 Å². The number of hydrogen-bond acceptors (Lipinski definition) is 4. The van der Waals surface area contributed by atoms with Crippen molar-refractivity contribution in [3.05, 3.63) is 11.4 Å². The van der Waals surface area contributed by atoms with Gasteiger partial charge in [-0.05, 0) is 25.7 Å². The molecule has 0 aromatic carbocycles. The van der Waals surface area contributed by atoms with E-state index >= 15 is 0 Å². The van der Waals surface area contributed by atoms with Crippen LogP contribution in [0.15, 0.2) is 0 Å². The summed E-state index contributed by atoms with van der Waals surface area (Å²) in [6, 6.07) is 0. The van der Waals surface area contributed by atoms with Crippen LogP contribution in [0.3, 0.4) is 0 Å². The number of rotatable bonds is 7. The number of ether oxygens (including phenoxy) is 1. The minimum Gasteiger partial charge on any atom is -0.388 e. The molecule has 6 heteroatoms. The predicted molar refractivity (Wildman–Crippen MR) is 69.0 cm³/mol. The number of hydrogen-bond donors (Lipinski definition) is 1. The molecule has 0 aliphatic heterocycles. The van der Waals surface area contributed by atoms with Crippen molar-refractivity contribution in [1.29, 1.82) is 0 Å². The number of thiocarbonyl (C=S) groups is 1. The number of unbranched alkanes of at least 4 members (excludes halogenated alkanes) is 1. The molecule has 0 saturated heterocycles. The highest BCUT2D eigenvalue weighted by atomic mass is 32.1. The van der Waals surface area contributed by atoms with E-state index in [4.69, 9.17) is 22.7 Å². The Labute approximate surface area is 106 Å². The Morgan fingerprint density at radius 2 is 2.29 bits per heavy atom. The minimum atomic E-state index is 0.357. The molecule has 1 aromatic heterocycles. The first-order valence-electron chi connectivity index (χ1n) is 5.96. The highest BCUT2D eigenvalue weighted by Gasteiger charge is 2.31. The molecule has 0 amide bonds. The lowest BCUT2D eigenvalue weighted by atomic mass is 10.2. The van der Waals surface area contributed by atoms with Crippen molar-refractivity contribution < 1.29 is 4.74 Å². The molecule has 1 fully saturated rings. The average Bonchev–Trinajstić information content (AvgIpc) is 3.05.